The lowest BCUT2D eigenvalue weighted by Gasteiger charge is -2.26. The van der Waals surface area contributed by atoms with Gasteiger partial charge in [-0.2, -0.15) is 4.31 Å². The number of halogens is 1. The number of fused-ring (bicyclic) bond motifs is 1. The molecule has 1 aliphatic rings. The number of rotatable bonds is 4. The molecule has 0 atom stereocenters. The molecule has 0 saturated heterocycles. The second-order valence-corrected chi connectivity index (χ2v) is 10.1. The highest BCUT2D eigenvalue weighted by Gasteiger charge is 2.31. The quantitative estimate of drug-likeness (QED) is 0.780. The molecule has 10 heteroatoms. The van der Waals surface area contributed by atoms with Crippen LogP contribution in [0, 0.1) is 6.92 Å². The molecule has 2 aromatic rings. The Hall–Kier alpha value is -1.68. The summed E-state index contributed by atoms with van der Waals surface area (Å²) in [7, 11) is -3.66. The highest BCUT2D eigenvalue weighted by Crippen LogP contribution is 2.32. The van der Waals surface area contributed by atoms with Gasteiger partial charge >= 0.3 is 6.03 Å². The topological polar surface area (TPSA) is 91.4 Å². The number of aromatic nitrogens is 1. The van der Waals surface area contributed by atoms with Crippen molar-refractivity contribution in [2.75, 3.05) is 11.9 Å². The Morgan fingerprint density at radius 2 is 2.11 bits per heavy atom. The zero-order chi connectivity index (χ0) is 19.8. The maximum atomic E-state index is 13.0. The van der Waals surface area contributed by atoms with Crippen molar-refractivity contribution in [2.24, 2.45) is 0 Å². The van der Waals surface area contributed by atoms with Gasteiger partial charge in [-0.05, 0) is 38.5 Å². The molecule has 1 aromatic heterocycles. The van der Waals surface area contributed by atoms with E-state index in [0.717, 1.165) is 10.6 Å². The zero-order valence-corrected chi connectivity index (χ0v) is 17.6. The molecule has 0 saturated carbocycles. The first-order valence-electron chi connectivity index (χ1n) is 8.49. The van der Waals surface area contributed by atoms with Gasteiger partial charge in [0.05, 0.1) is 17.1 Å². The molecule has 0 fully saturated rings. The number of thiazole rings is 1. The number of nitrogens with one attached hydrogen (secondary N) is 2. The number of hydrogen-bond donors (Lipinski definition) is 2. The average Bonchev–Trinajstić information content (AvgIpc) is 2.97. The molecule has 2 heterocycles. The van der Waals surface area contributed by atoms with Crippen LogP contribution in [-0.2, 0) is 23.0 Å². The van der Waals surface area contributed by atoms with Crippen molar-refractivity contribution >= 4 is 44.1 Å². The summed E-state index contributed by atoms with van der Waals surface area (Å²) in [5.41, 5.74) is 1.48. The largest absolute Gasteiger partial charge is 0.336 e. The lowest BCUT2D eigenvalue weighted by molar-refractivity contribution is 0.250. The average molecular weight is 429 g/mol. The van der Waals surface area contributed by atoms with Crippen LogP contribution in [0.3, 0.4) is 0 Å². The van der Waals surface area contributed by atoms with Crippen LogP contribution in [0.1, 0.15) is 30.0 Å². The van der Waals surface area contributed by atoms with Crippen molar-refractivity contribution < 1.29 is 13.2 Å². The molecule has 2 amide bonds. The number of carbonyl (C=O) groups is 1. The van der Waals surface area contributed by atoms with E-state index >= 15 is 0 Å². The lowest BCUT2D eigenvalue weighted by atomic mass is 10.2. The van der Waals surface area contributed by atoms with Crippen LogP contribution in [0.25, 0.3) is 0 Å². The van der Waals surface area contributed by atoms with Crippen LogP contribution < -0.4 is 10.6 Å². The Balaban J connectivity index is 1.80. The van der Waals surface area contributed by atoms with Crippen LogP contribution in [0.5, 0.6) is 0 Å². The Morgan fingerprint density at radius 3 is 2.81 bits per heavy atom. The minimum atomic E-state index is -3.66. The third kappa shape index (κ3) is 4.43. The number of aryl methyl sites for hydroxylation is 1. The normalized spacial score (nSPS) is 14.9. The van der Waals surface area contributed by atoms with Crippen molar-refractivity contribution in [2.45, 2.75) is 44.7 Å². The molecule has 0 radical (unpaired) electrons. The molecule has 2 N–H and O–H groups in total. The van der Waals surface area contributed by atoms with E-state index in [-0.39, 0.29) is 23.5 Å². The molecule has 0 aliphatic carbocycles. The third-order valence-electron chi connectivity index (χ3n) is 4.10. The van der Waals surface area contributed by atoms with Crippen LogP contribution >= 0.6 is 22.9 Å². The SMILES string of the molecule is Cc1ccc(Cl)cc1S(=O)(=O)N1CCc2nc(NC(=O)NC(C)C)sc2C1. The standard InChI is InChI=1S/C17H21ClN4O3S2/c1-10(2)19-16(23)21-17-20-13-6-7-22(9-14(13)26-17)27(24,25)15-8-12(18)5-4-11(15)3/h4-5,8,10H,6-7,9H2,1-3H3,(H2,19,20,21,23). The van der Waals surface area contributed by atoms with Crippen molar-refractivity contribution in [3.63, 3.8) is 0 Å². The fourth-order valence-corrected chi connectivity index (χ4v) is 5.81. The van der Waals surface area contributed by atoms with Gasteiger partial charge in [0.25, 0.3) is 0 Å². The minimum Gasteiger partial charge on any atom is -0.336 e. The first kappa shape index (κ1) is 20.1. The maximum absolute atomic E-state index is 13.0. The highest BCUT2D eigenvalue weighted by atomic mass is 35.5. The molecule has 7 nitrogen and oxygen atoms in total. The van der Waals surface area contributed by atoms with Gasteiger partial charge in [0, 0.05) is 28.9 Å². The highest BCUT2D eigenvalue weighted by molar-refractivity contribution is 7.89. The number of benzene rings is 1. The lowest BCUT2D eigenvalue weighted by Crippen LogP contribution is -2.35. The Morgan fingerprint density at radius 1 is 1.37 bits per heavy atom. The molecule has 1 aromatic carbocycles. The van der Waals surface area contributed by atoms with E-state index in [1.54, 1.807) is 19.1 Å². The van der Waals surface area contributed by atoms with Crippen LogP contribution in [0.15, 0.2) is 23.1 Å². The van der Waals surface area contributed by atoms with Crippen molar-refractivity contribution in [1.82, 2.24) is 14.6 Å². The number of nitrogens with zero attached hydrogens (tertiary/aromatic N) is 2. The van der Waals surface area contributed by atoms with Crippen LogP contribution in [0.2, 0.25) is 5.02 Å². The molecule has 0 bridgehead atoms. The van der Waals surface area contributed by atoms with Gasteiger partial charge in [-0.25, -0.2) is 18.2 Å². The minimum absolute atomic E-state index is 0.0150. The van der Waals surface area contributed by atoms with E-state index in [0.29, 0.717) is 28.7 Å². The number of anilines is 1. The second kappa shape index (κ2) is 7.75. The van der Waals surface area contributed by atoms with Gasteiger partial charge in [0.2, 0.25) is 10.0 Å². The zero-order valence-electron chi connectivity index (χ0n) is 15.2. The van der Waals surface area contributed by atoms with E-state index in [4.69, 9.17) is 11.6 Å². The summed E-state index contributed by atoms with van der Waals surface area (Å²) in [6.45, 7) is 6.05. The Kier molecular flexibility index (Phi) is 5.76. The van der Waals surface area contributed by atoms with Crippen molar-refractivity contribution in [1.29, 1.82) is 0 Å². The van der Waals surface area contributed by atoms with Gasteiger partial charge < -0.3 is 5.32 Å². The molecule has 146 valence electrons. The summed E-state index contributed by atoms with van der Waals surface area (Å²) >= 11 is 7.29. The molecule has 27 heavy (non-hydrogen) atoms. The summed E-state index contributed by atoms with van der Waals surface area (Å²) in [4.78, 5) is 17.3. The van der Waals surface area contributed by atoms with Crippen LogP contribution in [0.4, 0.5) is 9.93 Å². The monoisotopic (exact) mass is 428 g/mol. The molecule has 0 unspecified atom stereocenters. The number of hydrogen-bond acceptors (Lipinski definition) is 5. The van der Waals surface area contributed by atoms with Gasteiger partial charge in [-0.3, -0.25) is 5.32 Å². The van der Waals surface area contributed by atoms with Crippen molar-refractivity contribution in [3.8, 4) is 0 Å². The predicted molar refractivity (Wildman–Crippen MR) is 107 cm³/mol. The fraction of sp³-hybridized carbons (Fsp3) is 0.412. The van der Waals surface area contributed by atoms with Gasteiger partial charge in [-0.1, -0.05) is 29.0 Å². The van der Waals surface area contributed by atoms with E-state index in [1.165, 1.54) is 21.7 Å². The third-order valence-corrected chi connectivity index (χ3v) is 7.32. The second-order valence-electron chi connectivity index (χ2n) is 6.64. The van der Waals surface area contributed by atoms with E-state index in [1.807, 2.05) is 13.8 Å². The van der Waals surface area contributed by atoms with E-state index in [9.17, 15) is 13.2 Å². The summed E-state index contributed by atoms with van der Waals surface area (Å²) in [5, 5.41) is 6.29. The predicted octanol–water partition coefficient (Wildman–Crippen LogP) is 3.38. The molecule has 0 spiro atoms. The van der Waals surface area contributed by atoms with Gasteiger partial charge in [0.15, 0.2) is 5.13 Å². The molecular formula is C17H21ClN4O3S2. The first-order valence-corrected chi connectivity index (χ1v) is 11.1. The number of amides is 2. The number of carbonyl (C=O) groups excluding carboxylic acids is 1. The molecular weight excluding hydrogens is 408 g/mol. The molecule has 1 aliphatic heterocycles. The van der Waals surface area contributed by atoms with Gasteiger partial charge in [0.1, 0.15) is 0 Å². The van der Waals surface area contributed by atoms with Crippen molar-refractivity contribution in [3.05, 3.63) is 39.4 Å². The summed E-state index contributed by atoms with van der Waals surface area (Å²) in [5.74, 6) is 0. The summed E-state index contributed by atoms with van der Waals surface area (Å²) < 4.78 is 27.5. The maximum Gasteiger partial charge on any atom is 0.321 e. The Bertz CT molecular complexity index is 973. The van der Waals surface area contributed by atoms with E-state index in [2.05, 4.69) is 15.6 Å². The smallest absolute Gasteiger partial charge is 0.321 e. The van der Waals surface area contributed by atoms with Gasteiger partial charge in [-0.15, -0.1) is 0 Å². The Labute approximate surface area is 167 Å². The number of urea groups is 1. The van der Waals surface area contributed by atoms with Crippen LogP contribution in [-0.4, -0.2) is 36.3 Å². The first-order chi connectivity index (χ1) is 12.7. The fourth-order valence-electron chi connectivity index (χ4n) is 2.82. The molecule has 3 rings (SSSR count). The van der Waals surface area contributed by atoms with E-state index < -0.39 is 10.0 Å². The summed E-state index contributed by atoms with van der Waals surface area (Å²) in [6.07, 6.45) is 0.498. The number of sulfonamides is 1. The summed E-state index contributed by atoms with van der Waals surface area (Å²) in [6, 6.07) is 4.55.